The highest BCUT2D eigenvalue weighted by Crippen LogP contribution is 2.54. The largest absolute Gasteiger partial charge is 0.371 e. The van der Waals surface area contributed by atoms with Crippen LogP contribution >= 0.6 is 0 Å². The van der Waals surface area contributed by atoms with Crippen LogP contribution in [0.5, 0.6) is 0 Å². The van der Waals surface area contributed by atoms with Gasteiger partial charge in [-0.1, -0.05) is 24.3 Å². The molecule has 2 fully saturated rings. The Morgan fingerprint density at radius 1 is 1.23 bits per heavy atom. The van der Waals surface area contributed by atoms with E-state index in [-0.39, 0.29) is 5.91 Å². The molecular formula is C22H25N3O. The first-order valence-electron chi connectivity index (χ1n) is 9.39. The number of fused-ring (bicyclic) bond motifs is 1. The van der Waals surface area contributed by atoms with Crippen molar-refractivity contribution in [3.63, 3.8) is 0 Å². The van der Waals surface area contributed by atoms with Crippen molar-refractivity contribution in [1.82, 2.24) is 10.3 Å². The van der Waals surface area contributed by atoms with Crippen molar-refractivity contribution >= 4 is 17.7 Å². The molecule has 0 radical (unpaired) electrons. The van der Waals surface area contributed by atoms with E-state index in [1.54, 1.807) is 24.5 Å². The molecule has 3 atom stereocenters. The van der Waals surface area contributed by atoms with Gasteiger partial charge in [0.15, 0.2) is 0 Å². The maximum Gasteiger partial charge on any atom is 0.244 e. The van der Waals surface area contributed by atoms with E-state index in [0.717, 1.165) is 49.4 Å². The van der Waals surface area contributed by atoms with Crippen molar-refractivity contribution in [2.75, 3.05) is 24.5 Å². The van der Waals surface area contributed by atoms with E-state index in [9.17, 15) is 4.79 Å². The lowest BCUT2D eigenvalue weighted by Gasteiger charge is -2.23. The number of hydrogen-bond acceptors (Lipinski definition) is 3. The average molecular weight is 347 g/mol. The first-order chi connectivity index (χ1) is 12.7. The molecule has 4 rings (SSSR count). The molecule has 134 valence electrons. The number of piperidine rings is 1. The first kappa shape index (κ1) is 16.8. The molecule has 1 aliphatic carbocycles. The van der Waals surface area contributed by atoms with Crippen LogP contribution in [0.4, 0.5) is 5.69 Å². The third-order valence-corrected chi connectivity index (χ3v) is 5.72. The Labute approximate surface area is 154 Å². The van der Waals surface area contributed by atoms with E-state index in [1.807, 2.05) is 12.1 Å². The summed E-state index contributed by atoms with van der Waals surface area (Å²) in [7, 11) is 0. The van der Waals surface area contributed by atoms with Crippen LogP contribution in [0.2, 0.25) is 0 Å². The Hall–Kier alpha value is -2.62. The Balaban J connectivity index is 1.19. The second kappa shape index (κ2) is 7.32. The van der Waals surface area contributed by atoms with Crippen molar-refractivity contribution in [2.45, 2.75) is 13.3 Å². The maximum absolute atomic E-state index is 11.9. The molecule has 2 aliphatic rings. The predicted octanol–water partition coefficient (Wildman–Crippen LogP) is 3.29. The summed E-state index contributed by atoms with van der Waals surface area (Å²) in [6.45, 7) is 5.27. The number of carbonyl (C=O) groups is 1. The van der Waals surface area contributed by atoms with Gasteiger partial charge < -0.3 is 10.2 Å². The number of nitrogens with one attached hydrogen (secondary N) is 1. The van der Waals surface area contributed by atoms with Gasteiger partial charge in [0, 0.05) is 43.8 Å². The number of anilines is 1. The molecule has 1 aliphatic heterocycles. The smallest absolute Gasteiger partial charge is 0.244 e. The van der Waals surface area contributed by atoms with Crippen LogP contribution in [0.15, 0.2) is 54.9 Å². The lowest BCUT2D eigenvalue weighted by atomic mass is 10.1. The van der Waals surface area contributed by atoms with Crippen LogP contribution in [-0.2, 0) is 4.79 Å². The monoisotopic (exact) mass is 347 g/mol. The fraction of sp³-hybridized carbons (Fsp3) is 0.364. The molecule has 1 unspecified atom stereocenters. The van der Waals surface area contributed by atoms with E-state index in [2.05, 4.69) is 46.4 Å². The highest BCUT2D eigenvalue weighted by molar-refractivity contribution is 5.91. The number of rotatable bonds is 6. The van der Waals surface area contributed by atoms with Crippen molar-refractivity contribution in [3.05, 3.63) is 66.0 Å². The third-order valence-electron chi connectivity index (χ3n) is 5.72. The van der Waals surface area contributed by atoms with E-state index in [0.29, 0.717) is 0 Å². The zero-order valence-corrected chi connectivity index (χ0v) is 15.1. The van der Waals surface area contributed by atoms with Crippen molar-refractivity contribution in [2.24, 2.45) is 17.8 Å². The zero-order chi connectivity index (χ0) is 17.9. The van der Waals surface area contributed by atoms with Gasteiger partial charge in [-0.2, -0.15) is 0 Å². The highest BCUT2D eigenvalue weighted by Gasteiger charge is 2.54. The van der Waals surface area contributed by atoms with Gasteiger partial charge in [0.1, 0.15) is 0 Å². The summed E-state index contributed by atoms with van der Waals surface area (Å²) < 4.78 is 0. The van der Waals surface area contributed by atoms with Gasteiger partial charge in [-0.3, -0.25) is 9.78 Å². The second-order valence-corrected chi connectivity index (χ2v) is 7.38. The molecule has 4 nitrogen and oxygen atoms in total. The van der Waals surface area contributed by atoms with E-state index in [1.165, 1.54) is 11.3 Å². The number of hydrogen-bond donors (Lipinski definition) is 1. The van der Waals surface area contributed by atoms with Crippen LogP contribution in [0.1, 0.15) is 17.5 Å². The zero-order valence-electron chi connectivity index (χ0n) is 15.1. The first-order valence-corrected chi connectivity index (χ1v) is 9.39. The third kappa shape index (κ3) is 3.64. The fourth-order valence-corrected chi connectivity index (χ4v) is 4.26. The lowest BCUT2D eigenvalue weighted by Crippen LogP contribution is -2.27. The number of carbonyl (C=O) groups excluding carboxylic acids is 1. The van der Waals surface area contributed by atoms with Gasteiger partial charge in [0.25, 0.3) is 0 Å². The van der Waals surface area contributed by atoms with Crippen LogP contribution in [0, 0.1) is 24.7 Å². The van der Waals surface area contributed by atoms with Crippen LogP contribution in [0.25, 0.3) is 6.08 Å². The minimum atomic E-state index is -0.0267. The molecule has 1 aromatic carbocycles. The quantitative estimate of drug-likeness (QED) is 0.816. The summed E-state index contributed by atoms with van der Waals surface area (Å²) in [6, 6.07) is 12.4. The Bertz CT molecular complexity index is 790. The van der Waals surface area contributed by atoms with Crippen molar-refractivity contribution in [3.8, 4) is 0 Å². The number of pyridine rings is 1. The topological polar surface area (TPSA) is 45.2 Å². The van der Waals surface area contributed by atoms with Gasteiger partial charge in [0.2, 0.25) is 5.91 Å². The summed E-state index contributed by atoms with van der Waals surface area (Å²) in [5.74, 6) is 2.36. The summed E-state index contributed by atoms with van der Waals surface area (Å²) in [5.41, 5.74) is 3.68. The van der Waals surface area contributed by atoms with Gasteiger partial charge in [-0.05, 0) is 60.4 Å². The Morgan fingerprint density at radius 2 is 2.04 bits per heavy atom. The number of para-hydroxylation sites is 1. The number of nitrogens with zero attached hydrogens (tertiary/aromatic N) is 2. The van der Waals surface area contributed by atoms with Crippen molar-refractivity contribution in [1.29, 1.82) is 0 Å². The number of aromatic nitrogens is 1. The van der Waals surface area contributed by atoms with Crippen LogP contribution in [-0.4, -0.2) is 30.5 Å². The molecule has 26 heavy (non-hydrogen) atoms. The molecule has 1 N–H and O–H groups in total. The Morgan fingerprint density at radius 3 is 2.77 bits per heavy atom. The summed E-state index contributed by atoms with van der Waals surface area (Å²) in [5, 5.41) is 3.01. The molecule has 2 heterocycles. The molecule has 0 spiro atoms. The minimum Gasteiger partial charge on any atom is -0.371 e. The van der Waals surface area contributed by atoms with E-state index in [4.69, 9.17) is 0 Å². The maximum atomic E-state index is 11.9. The van der Waals surface area contributed by atoms with Gasteiger partial charge in [-0.15, -0.1) is 0 Å². The standard InChI is InChI=1S/C22H25N3O/c1-16-5-2-3-7-21(16)25-14-19-18(20(19)15-25)10-12-24-22(26)9-8-17-6-4-11-23-13-17/h2-9,11,13,18-20H,10,12,14-15H2,1H3,(H,24,26)/b9-8+/t18?,19-,20+. The molecule has 2 aromatic rings. The lowest BCUT2D eigenvalue weighted by molar-refractivity contribution is -0.116. The summed E-state index contributed by atoms with van der Waals surface area (Å²) in [4.78, 5) is 18.5. The van der Waals surface area contributed by atoms with Crippen LogP contribution < -0.4 is 10.2 Å². The second-order valence-electron chi connectivity index (χ2n) is 7.38. The number of amides is 1. The van der Waals surface area contributed by atoms with E-state index < -0.39 is 0 Å². The van der Waals surface area contributed by atoms with E-state index >= 15 is 0 Å². The fourth-order valence-electron chi connectivity index (χ4n) is 4.26. The molecule has 1 aromatic heterocycles. The number of aryl methyl sites for hydroxylation is 1. The normalized spacial score (nSPS) is 23.9. The average Bonchev–Trinajstić information content (AvgIpc) is 3.11. The molecule has 1 saturated carbocycles. The Kier molecular flexibility index (Phi) is 4.74. The van der Waals surface area contributed by atoms with Gasteiger partial charge in [-0.25, -0.2) is 0 Å². The molecule has 1 amide bonds. The predicted molar refractivity (Wildman–Crippen MR) is 105 cm³/mol. The minimum absolute atomic E-state index is 0.0267. The molecule has 1 saturated heterocycles. The molecule has 0 bridgehead atoms. The SMILES string of the molecule is Cc1ccccc1N1C[C@@H]2C(CCNC(=O)/C=C/c3cccnc3)[C@@H]2C1. The summed E-state index contributed by atoms with van der Waals surface area (Å²) in [6.07, 6.45) is 7.95. The van der Waals surface area contributed by atoms with Crippen LogP contribution in [0.3, 0.4) is 0 Å². The van der Waals surface area contributed by atoms with Gasteiger partial charge >= 0.3 is 0 Å². The molecular weight excluding hydrogens is 322 g/mol. The summed E-state index contributed by atoms with van der Waals surface area (Å²) >= 11 is 0. The number of benzene rings is 1. The van der Waals surface area contributed by atoms with Gasteiger partial charge in [0.05, 0.1) is 0 Å². The van der Waals surface area contributed by atoms with Crippen molar-refractivity contribution < 1.29 is 4.79 Å². The molecule has 4 heteroatoms. The highest BCUT2D eigenvalue weighted by atomic mass is 16.1.